The molecule has 152 valence electrons. The number of hydrogen-bond acceptors (Lipinski definition) is 0. The lowest BCUT2D eigenvalue weighted by Gasteiger charge is -2.44. The molecule has 0 atom stereocenters. The van der Waals surface area contributed by atoms with Crippen LogP contribution in [0, 0.1) is 0 Å². The molecule has 0 spiro atoms. The number of nitrogens with zero attached hydrogens (tertiary/aromatic N) is 2. The van der Waals surface area contributed by atoms with Crippen LogP contribution in [0.4, 0.5) is 4.11 Å². The van der Waals surface area contributed by atoms with Gasteiger partial charge in [0.2, 0.25) is 0 Å². The highest BCUT2D eigenvalue weighted by molar-refractivity contribution is 6.90. The average molecular weight is 392 g/mol. The molecule has 0 N–H and O–H groups in total. The highest BCUT2D eigenvalue weighted by Crippen LogP contribution is 2.52. The molecule has 2 nitrogen and oxygen atoms in total. The first-order valence-electron chi connectivity index (χ1n) is 10.1. The van der Waals surface area contributed by atoms with E-state index in [1.54, 1.807) is 0 Å². The summed E-state index contributed by atoms with van der Waals surface area (Å²) in [5.74, 6) is 0. The largest absolute Gasteiger partial charge is 0.330 e. The average Bonchev–Trinajstić information content (AvgIpc) is 2.81. The summed E-state index contributed by atoms with van der Waals surface area (Å²) in [7, 11) is -3.40. The van der Waals surface area contributed by atoms with Crippen molar-refractivity contribution >= 4 is 24.8 Å². The molecule has 2 aromatic rings. The molecule has 0 saturated heterocycles. The molecule has 2 aromatic heterocycles. The van der Waals surface area contributed by atoms with Gasteiger partial charge in [-0.25, -0.2) is 9.13 Å². The van der Waals surface area contributed by atoms with Gasteiger partial charge in [-0.3, -0.25) is 0 Å². The second-order valence-electron chi connectivity index (χ2n) is 12.0. The minimum absolute atomic E-state index is 0.0812. The minimum atomic E-state index is -3.40. The lowest BCUT2D eigenvalue weighted by molar-refractivity contribution is -0.733. The summed E-state index contributed by atoms with van der Waals surface area (Å²) >= 11 is 0. The first-order valence-corrected chi connectivity index (χ1v) is 12.0. The van der Waals surface area contributed by atoms with Gasteiger partial charge in [-0.1, -0.05) is 41.5 Å². The van der Waals surface area contributed by atoms with Crippen molar-refractivity contribution in [3.63, 3.8) is 0 Å². The second kappa shape index (κ2) is 6.17. The Morgan fingerprint density at radius 2 is 1.33 bits per heavy atom. The van der Waals surface area contributed by atoms with E-state index in [0.29, 0.717) is 0 Å². The zero-order chi connectivity index (χ0) is 21.2. The quantitative estimate of drug-likeness (QED) is 0.313. The van der Waals surface area contributed by atoms with Crippen LogP contribution >= 0.6 is 0 Å². The van der Waals surface area contributed by atoms with Gasteiger partial charge >= 0.3 is 8.41 Å². The summed E-state index contributed by atoms with van der Waals surface area (Å²) in [6.45, 7) is 25.7. The highest BCUT2D eigenvalue weighted by atomic mass is 28.4. The number of fused-ring (bicyclic) bond motifs is 1. The minimum Gasteiger partial charge on any atom is -0.302 e. The van der Waals surface area contributed by atoms with Crippen molar-refractivity contribution in [3.05, 3.63) is 24.4 Å². The molecule has 0 fully saturated rings. The molecule has 0 aliphatic heterocycles. The molecule has 0 aliphatic rings. The SMILES string of the molecule is CC(C)(C)n1c([Si](F)(C(C)(C)C)C(C)(C)C)cc2ccc[n+](C(C)(C)C)c21. The van der Waals surface area contributed by atoms with Crippen molar-refractivity contribution in [2.75, 3.05) is 0 Å². The van der Waals surface area contributed by atoms with Crippen molar-refractivity contribution < 1.29 is 8.67 Å². The summed E-state index contributed by atoms with van der Waals surface area (Å²) in [6.07, 6.45) is 2.13. The maximum absolute atomic E-state index is 17.3. The predicted molar refractivity (Wildman–Crippen MR) is 118 cm³/mol. The van der Waals surface area contributed by atoms with Gasteiger partial charge in [0, 0.05) is 0 Å². The molecule has 0 unspecified atom stereocenters. The van der Waals surface area contributed by atoms with Crippen molar-refractivity contribution in [1.29, 1.82) is 0 Å². The summed E-state index contributed by atoms with van der Waals surface area (Å²) in [5, 5.41) is 1.22. The van der Waals surface area contributed by atoms with E-state index in [4.69, 9.17) is 0 Å². The number of halogens is 1. The molecule has 0 bridgehead atoms. The Balaban J connectivity index is 3.11. The van der Waals surface area contributed by atoms with Gasteiger partial charge < -0.3 is 4.11 Å². The Labute approximate surface area is 167 Å². The van der Waals surface area contributed by atoms with Crippen LogP contribution in [0.15, 0.2) is 24.4 Å². The van der Waals surface area contributed by atoms with Gasteiger partial charge in [0.05, 0.1) is 11.6 Å². The zero-order valence-corrected chi connectivity index (χ0v) is 20.6. The van der Waals surface area contributed by atoms with E-state index in [9.17, 15) is 0 Å². The first-order chi connectivity index (χ1) is 11.8. The van der Waals surface area contributed by atoms with E-state index < -0.39 is 18.5 Å². The molecule has 0 amide bonds. The van der Waals surface area contributed by atoms with Gasteiger partial charge in [-0.15, -0.1) is 0 Å². The van der Waals surface area contributed by atoms with Crippen LogP contribution < -0.4 is 9.88 Å². The Bertz CT molecular complexity index is 823. The Morgan fingerprint density at radius 1 is 0.852 bits per heavy atom. The van der Waals surface area contributed by atoms with E-state index in [1.807, 2.05) is 0 Å². The van der Waals surface area contributed by atoms with Gasteiger partial charge in [-0.05, 0) is 69.8 Å². The van der Waals surface area contributed by atoms with Gasteiger partial charge in [0.15, 0.2) is 0 Å². The Morgan fingerprint density at radius 3 is 1.70 bits per heavy atom. The highest BCUT2D eigenvalue weighted by Gasteiger charge is 2.61. The lowest BCUT2D eigenvalue weighted by atomic mass is 10.1. The summed E-state index contributed by atoms with van der Waals surface area (Å²) in [4.78, 5) is 0. The molecule has 2 rings (SSSR count). The molecule has 2 heterocycles. The lowest BCUT2D eigenvalue weighted by Crippen LogP contribution is -2.62. The monoisotopic (exact) mass is 391 g/mol. The second-order valence-corrected chi connectivity index (χ2v) is 16.9. The summed E-state index contributed by atoms with van der Waals surface area (Å²) in [6, 6.07) is 6.36. The number of aromatic nitrogens is 2. The number of pyridine rings is 1. The smallest absolute Gasteiger partial charge is 0.302 e. The molecule has 0 saturated carbocycles. The summed E-state index contributed by atoms with van der Waals surface area (Å²) < 4.78 is 21.9. The molecule has 4 heteroatoms. The van der Waals surface area contributed by atoms with Crippen molar-refractivity contribution in [1.82, 2.24) is 4.57 Å². The molecule has 0 aromatic carbocycles. The maximum Gasteiger partial charge on any atom is 0.330 e. The van der Waals surface area contributed by atoms with E-state index in [1.165, 1.54) is 0 Å². The van der Waals surface area contributed by atoms with Gasteiger partial charge in [0.1, 0.15) is 16.4 Å². The van der Waals surface area contributed by atoms with Crippen LogP contribution in [0.2, 0.25) is 10.1 Å². The third-order valence-electron chi connectivity index (χ3n) is 5.56. The normalized spacial score (nSPS) is 14.9. The fourth-order valence-corrected chi connectivity index (χ4v) is 9.45. The van der Waals surface area contributed by atoms with E-state index in [0.717, 1.165) is 16.4 Å². The van der Waals surface area contributed by atoms with E-state index in [-0.39, 0.29) is 11.1 Å². The molecule has 0 aliphatic carbocycles. The Kier molecular flexibility index (Phi) is 5.05. The number of hydrogen-bond donors (Lipinski definition) is 0. The van der Waals surface area contributed by atoms with Crippen LogP contribution in [0.5, 0.6) is 0 Å². The van der Waals surface area contributed by atoms with Crippen molar-refractivity contribution in [2.45, 2.75) is 104 Å². The van der Waals surface area contributed by atoms with Crippen molar-refractivity contribution in [2.24, 2.45) is 0 Å². The van der Waals surface area contributed by atoms with Crippen LogP contribution in [0.25, 0.3) is 11.0 Å². The predicted octanol–water partition coefficient (Wildman–Crippen LogP) is 6.16. The third kappa shape index (κ3) is 3.50. The van der Waals surface area contributed by atoms with Crippen LogP contribution in [-0.2, 0) is 11.1 Å². The molecular formula is C23H40FN2Si+. The van der Waals surface area contributed by atoms with Crippen molar-refractivity contribution in [3.8, 4) is 0 Å². The van der Waals surface area contributed by atoms with Crippen LogP contribution in [0.1, 0.15) is 83.1 Å². The van der Waals surface area contributed by atoms with E-state index >= 15 is 4.11 Å². The standard InChI is InChI=1S/C23H40FN2Si/c1-20(2,3)25-15-13-14-17-16-18(26(19(17)25)21(4,5)6)27(24,22(7,8)9)23(10,11)12/h13-16H,1-12H3/q+1. The number of rotatable bonds is 1. The maximum atomic E-state index is 17.3. The Hall–Kier alpha value is -1.16. The van der Waals surface area contributed by atoms with Gasteiger partial charge in [-0.2, -0.15) is 0 Å². The van der Waals surface area contributed by atoms with Gasteiger partial charge in [0.25, 0.3) is 5.65 Å². The zero-order valence-electron chi connectivity index (χ0n) is 19.6. The fraction of sp³-hybridized carbons (Fsp3) is 0.696. The molecular weight excluding hydrogens is 351 g/mol. The van der Waals surface area contributed by atoms with Crippen LogP contribution in [-0.4, -0.2) is 13.0 Å². The van der Waals surface area contributed by atoms with E-state index in [2.05, 4.69) is 117 Å². The molecule has 0 radical (unpaired) electrons. The topological polar surface area (TPSA) is 8.81 Å². The third-order valence-corrected chi connectivity index (χ3v) is 10.8. The molecule has 27 heavy (non-hydrogen) atoms. The summed E-state index contributed by atoms with van der Waals surface area (Å²) in [5.41, 5.74) is 0.824. The fourth-order valence-electron chi connectivity index (χ4n) is 4.56. The van der Waals surface area contributed by atoms with Crippen LogP contribution in [0.3, 0.4) is 0 Å². The first kappa shape index (κ1) is 22.1.